The first-order valence-corrected chi connectivity index (χ1v) is 8.55. The van der Waals surface area contributed by atoms with Gasteiger partial charge >= 0.3 is 6.18 Å². The highest BCUT2D eigenvalue weighted by atomic mass is 19.4. The molecule has 1 aliphatic heterocycles. The fraction of sp³-hybridized carbons (Fsp3) is 0.0952. The van der Waals surface area contributed by atoms with Crippen LogP contribution in [0.4, 0.5) is 18.9 Å². The fourth-order valence-corrected chi connectivity index (χ4v) is 3.00. The van der Waals surface area contributed by atoms with Crippen LogP contribution in [0.25, 0.3) is 17.0 Å². The SMILES string of the molecule is Cc1ccc2c(=O)c(/C=C3\C(=O)N(c4ccccc4)N=C3C(F)(F)F)coc2c1. The summed E-state index contributed by atoms with van der Waals surface area (Å²) in [6.45, 7) is 1.82. The van der Waals surface area contributed by atoms with Gasteiger partial charge in [-0.05, 0) is 42.8 Å². The van der Waals surface area contributed by atoms with E-state index in [-0.39, 0.29) is 16.6 Å². The van der Waals surface area contributed by atoms with Gasteiger partial charge in [-0.2, -0.15) is 23.3 Å². The topological polar surface area (TPSA) is 62.9 Å². The first-order valence-electron chi connectivity index (χ1n) is 8.55. The van der Waals surface area contributed by atoms with Gasteiger partial charge in [0.15, 0.2) is 11.1 Å². The minimum atomic E-state index is -4.88. The summed E-state index contributed by atoms with van der Waals surface area (Å²) in [5, 5.41) is 4.34. The Balaban J connectivity index is 1.86. The molecule has 2 aromatic carbocycles. The molecular formula is C21H13F3N2O3. The maximum absolute atomic E-state index is 13.5. The molecule has 29 heavy (non-hydrogen) atoms. The lowest BCUT2D eigenvalue weighted by atomic mass is 10.1. The molecule has 146 valence electrons. The number of rotatable bonds is 2. The Labute approximate surface area is 162 Å². The zero-order valence-electron chi connectivity index (χ0n) is 15.0. The number of carbonyl (C=O) groups is 1. The van der Waals surface area contributed by atoms with E-state index < -0.39 is 28.8 Å². The van der Waals surface area contributed by atoms with E-state index in [0.29, 0.717) is 10.6 Å². The highest BCUT2D eigenvalue weighted by Gasteiger charge is 2.46. The summed E-state index contributed by atoms with van der Waals surface area (Å²) in [6, 6.07) is 12.6. The van der Waals surface area contributed by atoms with Crippen molar-refractivity contribution in [3.8, 4) is 0 Å². The van der Waals surface area contributed by atoms with Crippen molar-refractivity contribution in [2.75, 3.05) is 5.01 Å². The molecule has 0 saturated heterocycles. The Morgan fingerprint density at radius 3 is 2.48 bits per heavy atom. The molecule has 0 atom stereocenters. The van der Waals surface area contributed by atoms with Crippen molar-refractivity contribution >= 4 is 34.4 Å². The number of para-hydroxylation sites is 1. The lowest BCUT2D eigenvalue weighted by Crippen LogP contribution is -2.25. The van der Waals surface area contributed by atoms with E-state index >= 15 is 0 Å². The zero-order chi connectivity index (χ0) is 20.8. The summed E-state index contributed by atoms with van der Waals surface area (Å²) < 4.78 is 46.0. The number of hydrogen-bond acceptors (Lipinski definition) is 4. The molecule has 0 bridgehead atoms. The van der Waals surface area contributed by atoms with Gasteiger partial charge in [0.1, 0.15) is 11.8 Å². The summed E-state index contributed by atoms with van der Waals surface area (Å²) in [4.78, 5) is 25.4. The highest BCUT2D eigenvalue weighted by Crippen LogP contribution is 2.32. The standard InChI is InChI=1S/C21H13F3N2O3/c1-12-7-8-15-17(9-12)29-11-13(18(15)27)10-16-19(21(22,23)24)25-26(20(16)28)14-5-3-2-4-6-14/h2-11H,1H3/b16-10-. The number of anilines is 1. The molecule has 3 aromatic rings. The van der Waals surface area contributed by atoms with Crippen LogP contribution in [0, 0.1) is 6.92 Å². The van der Waals surface area contributed by atoms with E-state index in [1.807, 2.05) is 6.92 Å². The molecule has 5 nitrogen and oxygen atoms in total. The van der Waals surface area contributed by atoms with E-state index in [1.165, 1.54) is 18.2 Å². The smallest absolute Gasteiger partial charge is 0.435 e. The van der Waals surface area contributed by atoms with Crippen LogP contribution in [0.15, 0.2) is 74.7 Å². The normalized spacial score (nSPS) is 16.0. The predicted molar refractivity (Wildman–Crippen MR) is 103 cm³/mol. The molecule has 0 saturated carbocycles. The lowest BCUT2D eigenvalue weighted by Gasteiger charge is -2.10. The van der Waals surface area contributed by atoms with Crippen LogP contribution in [-0.4, -0.2) is 17.8 Å². The van der Waals surface area contributed by atoms with Gasteiger partial charge in [0.25, 0.3) is 5.91 Å². The highest BCUT2D eigenvalue weighted by molar-refractivity contribution is 6.34. The summed E-state index contributed by atoms with van der Waals surface area (Å²) in [7, 11) is 0. The van der Waals surface area contributed by atoms with E-state index in [1.54, 1.807) is 30.3 Å². The largest absolute Gasteiger partial charge is 0.463 e. The first kappa shape index (κ1) is 18.7. The number of carbonyl (C=O) groups excluding carboxylic acids is 1. The molecule has 4 rings (SSSR count). The van der Waals surface area contributed by atoms with Crippen LogP contribution in [0.1, 0.15) is 11.1 Å². The second-order valence-electron chi connectivity index (χ2n) is 6.48. The van der Waals surface area contributed by atoms with Crippen LogP contribution in [-0.2, 0) is 4.79 Å². The molecule has 0 unspecified atom stereocenters. The molecule has 0 spiro atoms. The number of alkyl halides is 3. The Bertz CT molecular complexity index is 1240. The van der Waals surface area contributed by atoms with Gasteiger partial charge in [0.2, 0.25) is 0 Å². The molecule has 0 radical (unpaired) electrons. The second kappa shape index (κ2) is 6.73. The van der Waals surface area contributed by atoms with Gasteiger partial charge in [-0.25, -0.2) is 0 Å². The predicted octanol–water partition coefficient (Wildman–Crippen LogP) is 4.45. The van der Waals surface area contributed by atoms with Crippen molar-refractivity contribution in [3.05, 3.63) is 81.7 Å². The van der Waals surface area contributed by atoms with Gasteiger partial charge in [-0.3, -0.25) is 9.59 Å². The van der Waals surface area contributed by atoms with Crippen LogP contribution < -0.4 is 10.4 Å². The number of aryl methyl sites for hydroxylation is 1. The quantitative estimate of drug-likeness (QED) is 0.599. The Morgan fingerprint density at radius 1 is 1.07 bits per heavy atom. The zero-order valence-corrected chi connectivity index (χ0v) is 15.0. The number of hydrogen-bond donors (Lipinski definition) is 0. The molecular weight excluding hydrogens is 385 g/mol. The minimum absolute atomic E-state index is 0.170. The van der Waals surface area contributed by atoms with Gasteiger partial charge in [0.05, 0.1) is 22.2 Å². The Morgan fingerprint density at radius 2 is 1.79 bits per heavy atom. The van der Waals surface area contributed by atoms with Crippen LogP contribution in [0.2, 0.25) is 0 Å². The van der Waals surface area contributed by atoms with Crippen molar-refractivity contribution in [1.29, 1.82) is 0 Å². The summed E-state index contributed by atoms with van der Waals surface area (Å²) >= 11 is 0. The first-order chi connectivity index (χ1) is 13.8. The van der Waals surface area contributed by atoms with E-state index in [0.717, 1.165) is 17.9 Å². The molecule has 1 amide bonds. The van der Waals surface area contributed by atoms with Gasteiger partial charge < -0.3 is 4.42 Å². The monoisotopic (exact) mass is 398 g/mol. The van der Waals surface area contributed by atoms with Gasteiger partial charge in [-0.15, -0.1) is 0 Å². The van der Waals surface area contributed by atoms with E-state index in [9.17, 15) is 22.8 Å². The number of halogens is 3. The number of hydrazone groups is 1. The maximum atomic E-state index is 13.5. The molecule has 1 aromatic heterocycles. The van der Waals surface area contributed by atoms with Crippen molar-refractivity contribution in [1.82, 2.24) is 0 Å². The van der Waals surface area contributed by atoms with Crippen molar-refractivity contribution in [2.45, 2.75) is 13.1 Å². The van der Waals surface area contributed by atoms with Gasteiger partial charge in [-0.1, -0.05) is 24.3 Å². The van der Waals surface area contributed by atoms with Gasteiger partial charge in [0, 0.05) is 0 Å². The number of amides is 1. The molecule has 2 heterocycles. The fourth-order valence-electron chi connectivity index (χ4n) is 3.00. The van der Waals surface area contributed by atoms with E-state index in [4.69, 9.17) is 4.42 Å². The summed E-state index contributed by atoms with van der Waals surface area (Å²) in [5.41, 5.74) is -1.44. The molecule has 0 aliphatic carbocycles. The van der Waals surface area contributed by atoms with Crippen molar-refractivity contribution in [3.63, 3.8) is 0 Å². The van der Waals surface area contributed by atoms with Crippen molar-refractivity contribution < 1.29 is 22.4 Å². The van der Waals surface area contributed by atoms with Crippen LogP contribution in [0.3, 0.4) is 0 Å². The molecule has 0 fully saturated rings. The summed E-state index contributed by atoms with van der Waals surface area (Å²) in [6.07, 6.45) is -2.95. The van der Waals surface area contributed by atoms with Crippen molar-refractivity contribution in [2.24, 2.45) is 5.10 Å². The third kappa shape index (κ3) is 3.33. The molecule has 8 heteroatoms. The summed E-state index contributed by atoms with van der Waals surface area (Å²) in [5.74, 6) is -0.980. The van der Waals surface area contributed by atoms with Crippen LogP contribution in [0.5, 0.6) is 0 Å². The number of fused-ring (bicyclic) bond motifs is 1. The number of nitrogens with zero attached hydrogens (tertiary/aromatic N) is 2. The minimum Gasteiger partial charge on any atom is -0.463 e. The third-order valence-corrected chi connectivity index (χ3v) is 4.40. The molecule has 0 N–H and O–H groups in total. The average molecular weight is 398 g/mol. The second-order valence-corrected chi connectivity index (χ2v) is 6.48. The maximum Gasteiger partial charge on any atom is 0.435 e. The van der Waals surface area contributed by atoms with Crippen LogP contribution >= 0.6 is 0 Å². The third-order valence-electron chi connectivity index (χ3n) is 4.40. The Kier molecular flexibility index (Phi) is 4.34. The lowest BCUT2D eigenvalue weighted by molar-refractivity contribution is -0.114. The number of benzene rings is 2. The molecule has 1 aliphatic rings. The van der Waals surface area contributed by atoms with E-state index in [2.05, 4.69) is 5.10 Å². The average Bonchev–Trinajstić information content (AvgIpc) is 3.01. The Hall–Kier alpha value is -3.68.